The van der Waals surface area contributed by atoms with Crippen LogP contribution in [0.4, 0.5) is 0 Å². The minimum atomic E-state index is 0. The minimum Gasteiger partial charge on any atom is -0.854 e. The predicted molar refractivity (Wildman–Crippen MR) is 45.5 cm³/mol. The van der Waals surface area contributed by atoms with Crippen LogP contribution in [-0.2, 0) is 26.2 Å². The standard InChI is InChI=1S/3C3H7O.Zr/c3*1-2-3-4;/h3*2-3H2,1H3;/q3*-1;+4. The van der Waals surface area contributed by atoms with Gasteiger partial charge in [-0.25, -0.2) is 0 Å². The monoisotopic (exact) mass is 267 g/mol. The predicted octanol–water partition coefficient (Wildman–Crippen LogP) is -0.732. The van der Waals surface area contributed by atoms with Gasteiger partial charge in [0.2, 0.25) is 0 Å². The van der Waals surface area contributed by atoms with Crippen LogP contribution in [0.2, 0.25) is 0 Å². The van der Waals surface area contributed by atoms with Crippen molar-refractivity contribution in [2.24, 2.45) is 0 Å². The van der Waals surface area contributed by atoms with E-state index in [1.807, 2.05) is 20.8 Å². The maximum atomic E-state index is 9.30. The average Bonchev–Trinajstić information content (AvgIpc) is 2.18. The Morgan fingerprint density at radius 1 is 0.615 bits per heavy atom. The molecule has 0 unspecified atom stereocenters. The maximum absolute atomic E-state index is 9.30. The van der Waals surface area contributed by atoms with Gasteiger partial charge in [0.15, 0.2) is 0 Å². The molecule has 78 valence electrons. The Kier molecular flexibility index (Phi) is 69.9. The molecule has 0 saturated carbocycles. The summed E-state index contributed by atoms with van der Waals surface area (Å²) >= 11 is 0. The largest absolute Gasteiger partial charge is 4.00 e. The third-order valence-electron chi connectivity index (χ3n) is 0.612. The molecular weight excluding hydrogens is 247 g/mol. The second-order valence-corrected chi connectivity index (χ2v) is 2.11. The second-order valence-electron chi connectivity index (χ2n) is 2.11. The smallest absolute Gasteiger partial charge is 0.854 e. The zero-order chi connectivity index (χ0) is 10.2. The second kappa shape index (κ2) is 38.6. The molecule has 3 nitrogen and oxygen atoms in total. The van der Waals surface area contributed by atoms with Crippen LogP contribution in [0.25, 0.3) is 0 Å². The van der Waals surface area contributed by atoms with E-state index in [4.69, 9.17) is 0 Å². The number of rotatable bonds is 3. The van der Waals surface area contributed by atoms with E-state index in [2.05, 4.69) is 0 Å². The SMILES string of the molecule is CCC[O-].CCC[O-].CCC[O-].[Zr+4]. The van der Waals surface area contributed by atoms with Crippen molar-refractivity contribution in [1.29, 1.82) is 0 Å². The minimum absolute atomic E-state index is 0. The normalized spacial score (nSPS) is 6.92. The number of hydrogen-bond acceptors (Lipinski definition) is 3. The summed E-state index contributed by atoms with van der Waals surface area (Å²) in [6.07, 6.45) is 2.29. The third-order valence-corrected chi connectivity index (χ3v) is 0.612. The van der Waals surface area contributed by atoms with E-state index in [0.717, 1.165) is 19.3 Å². The van der Waals surface area contributed by atoms with E-state index >= 15 is 0 Å². The zero-order valence-corrected chi connectivity index (χ0v) is 11.4. The first-order valence-electron chi connectivity index (χ1n) is 4.49. The van der Waals surface area contributed by atoms with Gasteiger partial charge in [-0.05, 0) is 0 Å². The number of hydrogen-bond donors (Lipinski definition) is 0. The van der Waals surface area contributed by atoms with E-state index in [1.165, 1.54) is 0 Å². The van der Waals surface area contributed by atoms with E-state index in [0.29, 0.717) is 0 Å². The summed E-state index contributed by atoms with van der Waals surface area (Å²) in [6.45, 7) is 5.81. The van der Waals surface area contributed by atoms with Crippen LogP contribution in [-0.4, -0.2) is 19.8 Å². The fourth-order valence-electron chi connectivity index (χ4n) is 0. The molecule has 13 heavy (non-hydrogen) atoms. The van der Waals surface area contributed by atoms with E-state index < -0.39 is 0 Å². The van der Waals surface area contributed by atoms with Crippen LogP contribution in [0.1, 0.15) is 40.0 Å². The molecular formula is C9H21O3Zr+. The summed E-state index contributed by atoms with van der Waals surface area (Å²) in [5.74, 6) is 0. The van der Waals surface area contributed by atoms with Crippen LogP contribution in [0.5, 0.6) is 0 Å². The van der Waals surface area contributed by atoms with Gasteiger partial charge in [0, 0.05) is 0 Å². The summed E-state index contributed by atoms with van der Waals surface area (Å²) in [4.78, 5) is 0. The van der Waals surface area contributed by atoms with E-state index in [9.17, 15) is 15.3 Å². The van der Waals surface area contributed by atoms with Crippen molar-refractivity contribution in [1.82, 2.24) is 0 Å². The van der Waals surface area contributed by atoms with Gasteiger partial charge in [0.05, 0.1) is 0 Å². The average molecular weight is 268 g/mol. The molecule has 0 aliphatic carbocycles. The zero-order valence-electron chi connectivity index (χ0n) is 8.97. The molecule has 0 fully saturated rings. The Morgan fingerprint density at radius 2 is 0.692 bits per heavy atom. The van der Waals surface area contributed by atoms with Gasteiger partial charge in [0.1, 0.15) is 0 Å². The summed E-state index contributed by atoms with van der Waals surface area (Å²) in [5.41, 5.74) is 0. The Labute approximate surface area is 101 Å². The van der Waals surface area contributed by atoms with Gasteiger partial charge in [0.25, 0.3) is 0 Å². The quantitative estimate of drug-likeness (QED) is 0.677. The van der Waals surface area contributed by atoms with Crippen LogP contribution in [0.15, 0.2) is 0 Å². The van der Waals surface area contributed by atoms with Crippen molar-refractivity contribution >= 4 is 0 Å². The molecule has 4 heteroatoms. The molecule has 0 N–H and O–H groups in total. The van der Waals surface area contributed by atoms with Crippen molar-refractivity contribution in [2.45, 2.75) is 40.0 Å². The van der Waals surface area contributed by atoms with E-state index in [-0.39, 0.29) is 46.0 Å². The molecule has 0 spiro atoms. The first-order valence-corrected chi connectivity index (χ1v) is 4.49. The van der Waals surface area contributed by atoms with Crippen LogP contribution in [0, 0.1) is 0 Å². The van der Waals surface area contributed by atoms with Gasteiger partial charge in [-0.3, -0.25) is 0 Å². The summed E-state index contributed by atoms with van der Waals surface area (Å²) in [7, 11) is 0. The molecule has 0 aromatic heterocycles. The van der Waals surface area contributed by atoms with Crippen LogP contribution < -0.4 is 15.3 Å². The van der Waals surface area contributed by atoms with Gasteiger partial charge in [-0.1, -0.05) is 40.0 Å². The molecule has 0 rings (SSSR count). The fourth-order valence-corrected chi connectivity index (χ4v) is 0. The third kappa shape index (κ3) is 104. The van der Waals surface area contributed by atoms with Crippen molar-refractivity contribution < 1.29 is 41.5 Å². The molecule has 0 atom stereocenters. The van der Waals surface area contributed by atoms with Gasteiger partial charge < -0.3 is 15.3 Å². The molecule has 0 radical (unpaired) electrons. The van der Waals surface area contributed by atoms with Crippen LogP contribution >= 0.6 is 0 Å². The van der Waals surface area contributed by atoms with Gasteiger partial charge in [-0.15, -0.1) is 19.8 Å². The topological polar surface area (TPSA) is 69.2 Å². The first kappa shape index (κ1) is 23.5. The molecule has 0 saturated heterocycles. The molecule has 0 bridgehead atoms. The molecule has 0 aromatic rings. The Morgan fingerprint density at radius 3 is 0.692 bits per heavy atom. The molecule has 0 amide bonds. The molecule has 0 aliphatic rings. The maximum Gasteiger partial charge on any atom is 4.00 e. The van der Waals surface area contributed by atoms with Crippen molar-refractivity contribution in [3.8, 4) is 0 Å². The summed E-state index contributed by atoms with van der Waals surface area (Å²) < 4.78 is 0. The molecule has 0 aromatic carbocycles. The van der Waals surface area contributed by atoms with Crippen molar-refractivity contribution in [3.63, 3.8) is 0 Å². The molecule has 0 aliphatic heterocycles. The Bertz CT molecular complexity index is 30.3. The summed E-state index contributed by atoms with van der Waals surface area (Å²) in [6, 6.07) is 0. The molecule has 0 heterocycles. The Hall–Kier alpha value is 0.763. The van der Waals surface area contributed by atoms with Crippen molar-refractivity contribution in [2.75, 3.05) is 19.8 Å². The van der Waals surface area contributed by atoms with Crippen LogP contribution in [0.3, 0.4) is 0 Å². The van der Waals surface area contributed by atoms with Gasteiger partial charge in [-0.2, -0.15) is 0 Å². The summed E-state index contributed by atoms with van der Waals surface area (Å²) in [5, 5.41) is 27.9. The van der Waals surface area contributed by atoms with Gasteiger partial charge >= 0.3 is 26.2 Å². The van der Waals surface area contributed by atoms with Crippen molar-refractivity contribution in [3.05, 3.63) is 0 Å². The first-order chi connectivity index (χ1) is 5.74. The fraction of sp³-hybridized carbons (Fsp3) is 1.00. The Balaban J connectivity index is -0.0000000450. The van der Waals surface area contributed by atoms with E-state index in [1.54, 1.807) is 0 Å².